The summed E-state index contributed by atoms with van der Waals surface area (Å²) in [7, 11) is 0. The molecule has 0 aliphatic rings. The zero-order valence-electron chi connectivity index (χ0n) is 8.70. The van der Waals surface area contributed by atoms with E-state index >= 15 is 0 Å². The Morgan fingerprint density at radius 3 is 2.73 bits per heavy atom. The normalized spacial score (nSPS) is 13.0. The maximum absolute atomic E-state index is 6.21. The Kier molecular flexibility index (Phi) is 2.94. The molecule has 0 fully saturated rings. The SMILES string of the molecule is CCC(N)c1cc(Cl)c2ccccc2c1. The van der Waals surface area contributed by atoms with Gasteiger partial charge in [-0.15, -0.1) is 0 Å². The van der Waals surface area contributed by atoms with Gasteiger partial charge in [0.2, 0.25) is 0 Å². The Bertz CT molecular complexity index is 479. The molecule has 78 valence electrons. The Labute approximate surface area is 94.9 Å². The van der Waals surface area contributed by atoms with Crippen LogP contribution in [0.5, 0.6) is 0 Å². The fourth-order valence-electron chi connectivity index (χ4n) is 1.74. The fourth-order valence-corrected chi connectivity index (χ4v) is 2.03. The van der Waals surface area contributed by atoms with Crippen LogP contribution in [0, 0.1) is 0 Å². The van der Waals surface area contributed by atoms with Gasteiger partial charge < -0.3 is 5.73 Å². The molecule has 2 aromatic carbocycles. The lowest BCUT2D eigenvalue weighted by Gasteiger charge is -2.11. The molecule has 2 heteroatoms. The maximum atomic E-state index is 6.21. The third-order valence-corrected chi connectivity index (χ3v) is 3.01. The Hall–Kier alpha value is -1.05. The summed E-state index contributed by atoms with van der Waals surface area (Å²) in [6.07, 6.45) is 0.925. The van der Waals surface area contributed by atoms with Crippen molar-refractivity contribution < 1.29 is 0 Å². The van der Waals surface area contributed by atoms with Gasteiger partial charge in [0.05, 0.1) is 0 Å². The molecule has 2 aromatic rings. The lowest BCUT2D eigenvalue weighted by atomic mass is 10.0. The van der Waals surface area contributed by atoms with Gasteiger partial charge in [-0.1, -0.05) is 42.8 Å². The van der Waals surface area contributed by atoms with Crippen LogP contribution < -0.4 is 5.73 Å². The number of halogens is 1. The minimum absolute atomic E-state index is 0.0760. The van der Waals surface area contributed by atoms with E-state index in [-0.39, 0.29) is 6.04 Å². The van der Waals surface area contributed by atoms with E-state index in [9.17, 15) is 0 Å². The molecule has 0 aliphatic carbocycles. The van der Waals surface area contributed by atoms with Crippen molar-refractivity contribution in [2.45, 2.75) is 19.4 Å². The highest BCUT2D eigenvalue weighted by Gasteiger charge is 2.06. The Morgan fingerprint density at radius 1 is 1.27 bits per heavy atom. The van der Waals surface area contributed by atoms with Crippen LogP contribution in [-0.2, 0) is 0 Å². The van der Waals surface area contributed by atoms with Crippen LogP contribution in [-0.4, -0.2) is 0 Å². The molecule has 2 rings (SSSR count). The van der Waals surface area contributed by atoms with Crippen LogP contribution in [0.4, 0.5) is 0 Å². The first-order chi connectivity index (χ1) is 7.22. The summed E-state index contributed by atoms with van der Waals surface area (Å²) in [6.45, 7) is 2.08. The van der Waals surface area contributed by atoms with E-state index in [2.05, 4.69) is 19.1 Å². The maximum Gasteiger partial charge on any atom is 0.0487 e. The summed E-state index contributed by atoms with van der Waals surface area (Å²) in [5, 5.41) is 3.03. The molecule has 0 heterocycles. The summed E-state index contributed by atoms with van der Waals surface area (Å²) in [5.41, 5.74) is 7.11. The molecule has 0 saturated heterocycles. The van der Waals surface area contributed by atoms with Crippen LogP contribution in [0.1, 0.15) is 24.9 Å². The van der Waals surface area contributed by atoms with Crippen LogP contribution in [0.25, 0.3) is 10.8 Å². The molecule has 0 aliphatic heterocycles. The number of hydrogen-bond donors (Lipinski definition) is 1. The fraction of sp³-hybridized carbons (Fsp3) is 0.231. The summed E-state index contributed by atoms with van der Waals surface area (Å²) < 4.78 is 0. The van der Waals surface area contributed by atoms with Crippen molar-refractivity contribution in [1.29, 1.82) is 0 Å². The molecule has 0 saturated carbocycles. The smallest absolute Gasteiger partial charge is 0.0487 e. The van der Waals surface area contributed by atoms with Crippen molar-refractivity contribution in [3.63, 3.8) is 0 Å². The minimum atomic E-state index is 0.0760. The zero-order valence-corrected chi connectivity index (χ0v) is 9.46. The molecule has 2 N–H and O–H groups in total. The summed E-state index contributed by atoms with van der Waals surface area (Å²) in [4.78, 5) is 0. The second kappa shape index (κ2) is 4.21. The van der Waals surface area contributed by atoms with Crippen molar-refractivity contribution in [1.82, 2.24) is 0 Å². The van der Waals surface area contributed by atoms with E-state index in [0.29, 0.717) is 0 Å². The molecule has 0 spiro atoms. The topological polar surface area (TPSA) is 26.0 Å². The Balaban J connectivity index is 2.62. The molecule has 0 radical (unpaired) electrons. The van der Waals surface area contributed by atoms with Crippen LogP contribution >= 0.6 is 11.6 Å². The number of benzene rings is 2. The monoisotopic (exact) mass is 219 g/mol. The van der Waals surface area contributed by atoms with Gasteiger partial charge >= 0.3 is 0 Å². The van der Waals surface area contributed by atoms with Crippen molar-refractivity contribution in [2.24, 2.45) is 5.73 Å². The first-order valence-corrected chi connectivity index (χ1v) is 5.54. The summed E-state index contributed by atoms with van der Waals surface area (Å²) >= 11 is 6.21. The summed E-state index contributed by atoms with van der Waals surface area (Å²) in [5.74, 6) is 0. The highest BCUT2D eigenvalue weighted by molar-refractivity contribution is 6.35. The molecule has 1 atom stereocenters. The predicted octanol–water partition coefficient (Wildman–Crippen LogP) is 3.90. The van der Waals surface area contributed by atoms with Gasteiger partial charge in [0.1, 0.15) is 0 Å². The van der Waals surface area contributed by atoms with Gasteiger partial charge in [0, 0.05) is 16.5 Å². The standard InChI is InChI=1S/C13H14ClN/c1-2-13(15)10-7-9-5-3-4-6-11(9)12(14)8-10/h3-8,13H,2,15H2,1H3. The van der Waals surface area contributed by atoms with Gasteiger partial charge in [-0.3, -0.25) is 0 Å². The van der Waals surface area contributed by atoms with Gasteiger partial charge in [-0.25, -0.2) is 0 Å². The van der Waals surface area contributed by atoms with E-state index in [1.807, 2.05) is 24.3 Å². The van der Waals surface area contributed by atoms with E-state index in [4.69, 9.17) is 17.3 Å². The van der Waals surface area contributed by atoms with Crippen molar-refractivity contribution in [3.8, 4) is 0 Å². The largest absolute Gasteiger partial charge is 0.324 e. The first kappa shape index (κ1) is 10.5. The third-order valence-electron chi connectivity index (χ3n) is 2.70. The summed E-state index contributed by atoms with van der Waals surface area (Å²) in [6, 6.07) is 12.3. The quantitative estimate of drug-likeness (QED) is 0.815. The van der Waals surface area contributed by atoms with Gasteiger partial charge in [-0.05, 0) is 29.5 Å². The van der Waals surface area contributed by atoms with E-state index in [1.54, 1.807) is 0 Å². The minimum Gasteiger partial charge on any atom is -0.324 e. The highest BCUT2D eigenvalue weighted by atomic mass is 35.5. The molecule has 1 unspecified atom stereocenters. The number of hydrogen-bond acceptors (Lipinski definition) is 1. The number of nitrogens with two attached hydrogens (primary N) is 1. The molecule has 0 bridgehead atoms. The van der Waals surface area contributed by atoms with E-state index in [0.717, 1.165) is 27.8 Å². The molecule has 0 aromatic heterocycles. The van der Waals surface area contributed by atoms with Crippen LogP contribution in [0.2, 0.25) is 5.02 Å². The lowest BCUT2D eigenvalue weighted by Crippen LogP contribution is -2.08. The highest BCUT2D eigenvalue weighted by Crippen LogP contribution is 2.28. The van der Waals surface area contributed by atoms with Crippen LogP contribution in [0.15, 0.2) is 36.4 Å². The number of rotatable bonds is 2. The molecule has 0 amide bonds. The molecular weight excluding hydrogens is 206 g/mol. The second-order valence-electron chi connectivity index (χ2n) is 3.74. The average molecular weight is 220 g/mol. The lowest BCUT2D eigenvalue weighted by molar-refractivity contribution is 0.700. The second-order valence-corrected chi connectivity index (χ2v) is 4.15. The number of fused-ring (bicyclic) bond motifs is 1. The average Bonchev–Trinajstić information content (AvgIpc) is 2.28. The zero-order chi connectivity index (χ0) is 10.8. The van der Waals surface area contributed by atoms with E-state index in [1.165, 1.54) is 0 Å². The molecule has 15 heavy (non-hydrogen) atoms. The van der Waals surface area contributed by atoms with Crippen molar-refractivity contribution in [3.05, 3.63) is 47.0 Å². The molecule has 1 nitrogen and oxygen atoms in total. The van der Waals surface area contributed by atoms with Gasteiger partial charge in [-0.2, -0.15) is 0 Å². The van der Waals surface area contributed by atoms with Crippen LogP contribution in [0.3, 0.4) is 0 Å². The van der Waals surface area contributed by atoms with Crippen molar-refractivity contribution >= 4 is 22.4 Å². The van der Waals surface area contributed by atoms with Gasteiger partial charge in [0.25, 0.3) is 0 Å². The first-order valence-electron chi connectivity index (χ1n) is 5.16. The predicted molar refractivity (Wildman–Crippen MR) is 66.2 cm³/mol. The van der Waals surface area contributed by atoms with Gasteiger partial charge in [0.15, 0.2) is 0 Å². The van der Waals surface area contributed by atoms with Crippen molar-refractivity contribution in [2.75, 3.05) is 0 Å². The molecular formula is C13H14ClN. The Morgan fingerprint density at radius 2 is 2.00 bits per heavy atom. The van der Waals surface area contributed by atoms with E-state index < -0.39 is 0 Å². The third kappa shape index (κ3) is 1.99.